The lowest BCUT2D eigenvalue weighted by Gasteiger charge is -2.29. The predicted molar refractivity (Wildman–Crippen MR) is 202 cm³/mol. The Kier molecular flexibility index (Phi) is 13.4. The number of pyridine rings is 1. The Morgan fingerprint density at radius 2 is 1.74 bits per heavy atom. The second-order valence-electron chi connectivity index (χ2n) is 14.1. The first-order valence-corrected chi connectivity index (χ1v) is 19.5. The number of H-pyrrole nitrogens is 1. The van der Waals surface area contributed by atoms with Crippen molar-refractivity contribution >= 4 is 34.9 Å². The number of halogens is 2. The molecular weight excluding hydrogens is 717 g/mol. The van der Waals surface area contributed by atoms with Gasteiger partial charge in [-0.15, -0.1) is 11.3 Å². The topological polar surface area (TPSA) is 100 Å². The minimum absolute atomic E-state index is 0.285. The highest BCUT2D eigenvalue weighted by Crippen LogP contribution is 2.38. The minimum Gasteiger partial charge on any atom is -0.489 e. The molecule has 9 nitrogen and oxygen atoms in total. The maximum absolute atomic E-state index is 13.9. The highest BCUT2D eigenvalue weighted by atomic mass is 35.5. The summed E-state index contributed by atoms with van der Waals surface area (Å²) in [5.74, 6) is 0.676. The molecule has 1 aliphatic carbocycles. The zero-order valence-electron chi connectivity index (χ0n) is 30.4. The Hall–Kier alpha value is -4.03. The van der Waals surface area contributed by atoms with Gasteiger partial charge in [0.05, 0.1) is 13.2 Å². The molecule has 4 aromatic rings. The summed E-state index contributed by atoms with van der Waals surface area (Å²) in [6.45, 7) is 6.50. The molecular formula is C41H48ClFN3O6S+. The number of esters is 2. The number of aryl methyl sites for hydroxylation is 1. The van der Waals surface area contributed by atoms with E-state index in [2.05, 4.69) is 22.2 Å². The van der Waals surface area contributed by atoms with Crippen LogP contribution in [-0.4, -0.2) is 56.5 Å². The maximum Gasteiger partial charge on any atom is 0.348 e. The lowest BCUT2D eigenvalue weighted by Crippen LogP contribution is -2.34. The Labute approximate surface area is 319 Å². The van der Waals surface area contributed by atoms with Gasteiger partial charge in [0.15, 0.2) is 23.9 Å². The van der Waals surface area contributed by atoms with Crippen LogP contribution in [0.4, 0.5) is 4.39 Å². The zero-order chi connectivity index (χ0) is 37.3. The molecule has 282 valence electrons. The molecule has 0 bridgehead atoms. The van der Waals surface area contributed by atoms with E-state index < -0.39 is 24.5 Å². The van der Waals surface area contributed by atoms with Crippen molar-refractivity contribution in [2.45, 2.75) is 71.0 Å². The van der Waals surface area contributed by atoms with Crippen molar-refractivity contribution in [1.29, 1.82) is 0 Å². The Balaban J connectivity index is 1.17. The van der Waals surface area contributed by atoms with Gasteiger partial charge in [-0.25, -0.2) is 19.0 Å². The predicted octanol–water partition coefficient (Wildman–Crippen LogP) is 7.86. The third-order valence-electron chi connectivity index (χ3n) is 9.72. The van der Waals surface area contributed by atoms with Gasteiger partial charge in [0.1, 0.15) is 22.0 Å². The summed E-state index contributed by atoms with van der Waals surface area (Å²) in [4.78, 5) is 33.8. The van der Waals surface area contributed by atoms with Crippen molar-refractivity contribution in [1.82, 2.24) is 10.2 Å². The number of benzene rings is 2. The van der Waals surface area contributed by atoms with Gasteiger partial charge in [-0.1, -0.05) is 48.0 Å². The van der Waals surface area contributed by atoms with Crippen LogP contribution in [0, 0.1) is 18.8 Å². The molecule has 53 heavy (non-hydrogen) atoms. The smallest absolute Gasteiger partial charge is 0.348 e. The molecule has 1 saturated heterocycles. The fourth-order valence-corrected chi connectivity index (χ4v) is 7.47. The van der Waals surface area contributed by atoms with Crippen LogP contribution in [-0.2, 0) is 27.2 Å². The average Bonchev–Trinajstić information content (AvgIpc) is 3.86. The number of nitrogens with one attached hydrogen (secondary N) is 2. The van der Waals surface area contributed by atoms with Crippen LogP contribution < -0.4 is 19.8 Å². The number of hydrogen-bond acceptors (Lipinski definition) is 9. The number of aromatic nitrogens is 1. The number of aromatic amines is 1. The highest BCUT2D eigenvalue weighted by Gasteiger charge is 2.28. The molecule has 2 aliphatic rings. The second-order valence-corrected chi connectivity index (χ2v) is 15.6. The molecule has 2 N–H and O–H groups in total. The monoisotopic (exact) mass is 764 g/mol. The third-order valence-corrected chi connectivity index (χ3v) is 11.1. The van der Waals surface area contributed by atoms with Gasteiger partial charge in [-0.3, -0.25) is 5.32 Å². The number of ether oxygens (including phenoxy) is 4. The number of hydrogen-bond donors (Lipinski definition) is 1. The van der Waals surface area contributed by atoms with Crippen LogP contribution in [0.25, 0.3) is 0 Å². The van der Waals surface area contributed by atoms with Gasteiger partial charge >= 0.3 is 11.9 Å². The van der Waals surface area contributed by atoms with E-state index >= 15 is 0 Å². The van der Waals surface area contributed by atoms with Gasteiger partial charge < -0.3 is 23.8 Å². The maximum atomic E-state index is 13.9. The van der Waals surface area contributed by atoms with E-state index in [1.54, 1.807) is 30.5 Å². The number of likely N-dealkylation sites (tertiary alicyclic amines) is 1. The van der Waals surface area contributed by atoms with E-state index in [1.807, 2.05) is 49.5 Å². The summed E-state index contributed by atoms with van der Waals surface area (Å²) < 4.78 is 37.5. The summed E-state index contributed by atoms with van der Waals surface area (Å²) in [6.07, 6.45) is 5.75. The van der Waals surface area contributed by atoms with Crippen molar-refractivity contribution in [2.24, 2.45) is 11.8 Å². The minimum atomic E-state index is -1.53. The Bertz CT molecular complexity index is 1810. The molecule has 1 saturated carbocycles. The molecule has 0 amide bonds. The number of thiophene rings is 1. The summed E-state index contributed by atoms with van der Waals surface area (Å²) >= 11 is 7.91. The molecule has 1 aliphatic heterocycles. The van der Waals surface area contributed by atoms with E-state index in [9.17, 15) is 14.0 Å². The van der Waals surface area contributed by atoms with Crippen LogP contribution in [0.15, 0.2) is 73.1 Å². The fourth-order valence-electron chi connectivity index (χ4n) is 6.34. The number of piperidine rings is 1. The van der Waals surface area contributed by atoms with Crippen LogP contribution in [0.3, 0.4) is 0 Å². The Morgan fingerprint density at radius 3 is 2.45 bits per heavy atom. The molecule has 3 heterocycles. The molecule has 2 fully saturated rings. The van der Waals surface area contributed by atoms with E-state index in [4.69, 9.17) is 30.5 Å². The van der Waals surface area contributed by atoms with Crippen LogP contribution in [0.5, 0.6) is 11.5 Å². The molecule has 6 rings (SSSR count). The molecule has 0 spiro atoms. The quantitative estimate of drug-likeness (QED) is 0.109. The molecule has 2 aromatic carbocycles. The fraction of sp³-hybridized carbons (Fsp3) is 0.439. The molecule has 2 unspecified atom stereocenters. The molecule has 2 aromatic heterocycles. The van der Waals surface area contributed by atoms with E-state index in [0.29, 0.717) is 59.2 Å². The van der Waals surface area contributed by atoms with Gasteiger partial charge in [-0.05, 0) is 106 Å². The van der Waals surface area contributed by atoms with Crippen LogP contribution in [0.1, 0.15) is 81.6 Å². The lowest BCUT2D eigenvalue weighted by atomic mass is 9.98. The number of carbonyl (C=O) groups excluding carboxylic acids is 2. The number of rotatable bonds is 17. The lowest BCUT2D eigenvalue weighted by molar-refractivity contribution is -0.378. The first-order valence-electron chi connectivity index (χ1n) is 18.3. The standard InChI is InChI=1S/C41H47ClFN3O6S/c1-26-21-44-23-34(42)33(26)20-36(31-11-13-35(51-27(2)43)37(19-31)49-24-28-9-10-28)52-40(47)38-14-12-32(53-38)22-45-39(30-7-5-4-6-8-30)41(48)50-25-29-15-17-46(3)18-16-29/h4-8,11-14,19,21,23,27-29,36,39,45H,9-10,15-18,20,22,24-25H2,1-3H3/p+1/t27?,36-,39?/m0/s1. The summed E-state index contributed by atoms with van der Waals surface area (Å²) in [7, 11) is 2.11. The first kappa shape index (κ1) is 38.7. The van der Waals surface area contributed by atoms with E-state index in [0.717, 1.165) is 60.3 Å². The number of carbonyl (C=O) groups is 2. The van der Waals surface area contributed by atoms with Crippen LogP contribution >= 0.6 is 22.9 Å². The number of nitrogens with zero attached hydrogens (tertiary/aromatic N) is 1. The molecule has 3 atom stereocenters. The van der Waals surface area contributed by atoms with Crippen molar-refractivity contribution in [3.05, 3.63) is 110 Å². The van der Waals surface area contributed by atoms with Crippen molar-refractivity contribution < 1.29 is 37.9 Å². The number of alkyl halides is 1. The van der Waals surface area contributed by atoms with Gasteiger partial charge in [0.2, 0.25) is 6.36 Å². The summed E-state index contributed by atoms with van der Waals surface area (Å²) in [6, 6.07) is 17.6. The third kappa shape index (κ3) is 11.0. The van der Waals surface area contributed by atoms with Gasteiger partial charge in [0, 0.05) is 30.3 Å². The van der Waals surface area contributed by atoms with Gasteiger partial charge in [0.25, 0.3) is 0 Å². The van der Waals surface area contributed by atoms with Gasteiger partial charge in [-0.2, -0.15) is 0 Å². The first-order chi connectivity index (χ1) is 25.6. The Morgan fingerprint density at radius 1 is 0.981 bits per heavy atom. The molecule has 12 heteroatoms. The SMILES string of the molecule is Cc1c[nH+]cc(Cl)c1C[C@H](OC(=O)c1ccc(CNC(C(=O)OCC2CCN(C)CC2)c2ccccc2)s1)c1ccc(OC(C)F)c(OCC2CC2)c1. The van der Waals surface area contributed by atoms with E-state index in [1.165, 1.54) is 18.3 Å². The highest BCUT2D eigenvalue weighted by molar-refractivity contribution is 7.13. The zero-order valence-corrected chi connectivity index (χ0v) is 32.0. The summed E-state index contributed by atoms with van der Waals surface area (Å²) in [5, 5.41) is 3.88. The van der Waals surface area contributed by atoms with Crippen LogP contribution in [0.2, 0.25) is 5.02 Å². The largest absolute Gasteiger partial charge is 0.489 e. The normalized spacial score (nSPS) is 16.8. The van der Waals surface area contributed by atoms with Crippen molar-refractivity contribution in [3.8, 4) is 11.5 Å². The van der Waals surface area contributed by atoms with E-state index in [-0.39, 0.29) is 11.7 Å². The van der Waals surface area contributed by atoms with Crippen molar-refractivity contribution in [2.75, 3.05) is 33.4 Å². The van der Waals surface area contributed by atoms with Crippen molar-refractivity contribution in [3.63, 3.8) is 0 Å². The second kappa shape index (κ2) is 18.3. The molecule has 0 radical (unpaired) electrons. The average molecular weight is 765 g/mol. The summed E-state index contributed by atoms with van der Waals surface area (Å²) in [5.41, 5.74) is 3.21.